The van der Waals surface area contributed by atoms with E-state index in [2.05, 4.69) is 5.10 Å². The number of para-hydroxylation sites is 1. The lowest BCUT2D eigenvalue weighted by Gasteiger charge is -2.34. The van der Waals surface area contributed by atoms with Crippen LogP contribution in [0.2, 0.25) is 0 Å². The van der Waals surface area contributed by atoms with Crippen molar-refractivity contribution >= 4 is 11.8 Å². The van der Waals surface area contributed by atoms with E-state index in [1.165, 1.54) is 10.7 Å². The van der Waals surface area contributed by atoms with Crippen molar-refractivity contribution in [2.75, 3.05) is 6.54 Å². The largest absolute Gasteiger partial charge is 0.370 e. The number of carbonyl (C=O) groups is 2. The predicted octanol–water partition coefficient (Wildman–Crippen LogP) is 1.88. The van der Waals surface area contributed by atoms with E-state index < -0.39 is 11.7 Å². The van der Waals surface area contributed by atoms with Crippen LogP contribution in [0.4, 0.5) is 4.39 Å². The maximum absolute atomic E-state index is 13.8. The van der Waals surface area contributed by atoms with E-state index >= 15 is 0 Å². The molecule has 1 saturated heterocycles. The second-order valence-electron chi connectivity index (χ2n) is 5.92. The first-order valence-corrected chi connectivity index (χ1v) is 7.96. The van der Waals surface area contributed by atoms with Gasteiger partial charge >= 0.3 is 0 Å². The first kappa shape index (κ1) is 16.2. The van der Waals surface area contributed by atoms with E-state index in [1.807, 2.05) is 0 Å². The fraction of sp³-hybridized carbons (Fsp3) is 0.353. The number of amides is 2. The molecule has 0 bridgehead atoms. The van der Waals surface area contributed by atoms with Gasteiger partial charge in [-0.3, -0.25) is 9.59 Å². The van der Waals surface area contributed by atoms with E-state index in [1.54, 1.807) is 35.4 Å². The van der Waals surface area contributed by atoms with Gasteiger partial charge in [-0.15, -0.1) is 0 Å². The maximum atomic E-state index is 13.8. The van der Waals surface area contributed by atoms with E-state index in [4.69, 9.17) is 5.73 Å². The van der Waals surface area contributed by atoms with Gasteiger partial charge in [-0.25, -0.2) is 9.07 Å². The van der Waals surface area contributed by atoms with Crippen LogP contribution in [0.15, 0.2) is 36.5 Å². The summed E-state index contributed by atoms with van der Waals surface area (Å²) < 4.78 is 15.2. The number of primary amides is 1. The number of piperidine rings is 1. The first-order valence-electron chi connectivity index (χ1n) is 7.96. The molecule has 1 aliphatic rings. The molecule has 0 aliphatic carbocycles. The summed E-state index contributed by atoms with van der Waals surface area (Å²) in [6, 6.07) is 7.60. The second-order valence-corrected chi connectivity index (χ2v) is 5.92. The number of nitrogens with two attached hydrogens (primary N) is 1. The molecule has 126 valence electrons. The second kappa shape index (κ2) is 6.82. The molecule has 0 saturated carbocycles. The van der Waals surface area contributed by atoms with Crippen LogP contribution in [-0.4, -0.2) is 39.1 Å². The fourth-order valence-corrected chi connectivity index (χ4v) is 3.07. The fourth-order valence-electron chi connectivity index (χ4n) is 3.07. The summed E-state index contributed by atoms with van der Waals surface area (Å²) in [6.45, 7) is 0.573. The molecular weight excluding hydrogens is 311 g/mol. The molecule has 6 nitrogen and oxygen atoms in total. The minimum Gasteiger partial charge on any atom is -0.370 e. The topological polar surface area (TPSA) is 81.2 Å². The van der Waals surface area contributed by atoms with E-state index in [-0.39, 0.29) is 29.8 Å². The van der Waals surface area contributed by atoms with Gasteiger partial charge in [0.05, 0.1) is 0 Å². The summed E-state index contributed by atoms with van der Waals surface area (Å²) in [6.07, 6.45) is 4.31. The summed E-state index contributed by atoms with van der Waals surface area (Å²) in [5.41, 5.74) is 5.80. The molecule has 0 spiro atoms. The Bertz CT molecular complexity index is 759. The van der Waals surface area contributed by atoms with Gasteiger partial charge in [-0.1, -0.05) is 12.1 Å². The standard InChI is InChI=1S/C17H19FN4O2/c18-13-6-1-2-7-15(13)22-10-8-14(20-22)17(24)21-9-4-3-5-12(21)11-16(19)23/h1-2,6-8,10,12H,3-5,9,11H2,(H2,19,23). The van der Waals surface area contributed by atoms with E-state index in [9.17, 15) is 14.0 Å². The zero-order valence-electron chi connectivity index (χ0n) is 13.2. The van der Waals surface area contributed by atoms with Crippen LogP contribution >= 0.6 is 0 Å². The molecule has 2 aromatic rings. The minimum atomic E-state index is -0.420. The van der Waals surface area contributed by atoms with Crippen molar-refractivity contribution in [3.63, 3.8) is 0 Å². The molecule has 1 fully saturated rings. The minimum absolute atomic E-state index is 0.153. The smallest absolute Gasteiger partial charge is 0.274 e. The summed E-state index contributed by atoms with van der Waals surface area (Å²) in [7, 11) is 0. The van der Waals surface area contributed by atoms with Crippen molar-refractivity contribution < 1.29 is 14.0 Å². The Balaban J connectivity index is 1.82. The zero-order chi connectivity index (χ0) is 17.1. The van der Waals surface area contributed by atoms with Gasteiger partial charge in [0.2, 0.25) is 5.91 Å². The van der Waals surface area contributed by atoms with Crippen LogP contribution in [0.25, 0.3) is 5.69 Å². The highest BCUT2D eigenvalue weighted by Crippen LogP contribution is 2.22. The van der Waals surface area contributed by atoms with Crippen LogP contribution in [-0.2, 0) is 4.79 Å². The summed E-state index contributed by atoms with van der Waals surface area (Å²) in [5.74, 6) is -1.09. The number of benzene rings is 1. The molecule has 1 atom stereocenters. The Morgan fingerprint density at radius 2 is 2.04 bits per heavy atom. The highest BCUT2D eigenvalue weighted by atomic mass is 19.1. The number of hydrogen-bond acceptors (Lipinski definition) is 3. The average molecular weight is 330 g/mol. The molecule has 3 rings (SSSR count). The first-order chi connectivity index (χ1) is 11.6. The lowest BCUT2D eigenvalue weighted by molar-refractivity contribution is -0.119. The van der Waals surface area contributed by atoms with Crippen molar-refractivity contribution in [1.82, 2.24) is 14.7 Å². The Morgan fingerprint density at radius 1 is 1.25 bits per heavy atom. The van der Waals surface area contributed by atoms with Gasteiger partial charge < -0.3 is 10.6 Å². The Morgan fingerprint density at radius 3 is 2.79 bits per heavy atom. The van der Waals surface area contributed by atoms with Gasteiger partial charge in [0, 0.05) is 25.2 Å². The predicted molar refractivity (Wildman–Crippen MR) is 86.0 cm³/mol. The van der Waals surface area contributed by atoms with Crippen LogP contribution in [0.1, 0.15) is 36.2 Å². The number of carbonyl (C=O) groups excluding carboxylic acids is 2. The highest BCUT2D eigenvalue weighted by Gasteiger charge is 2.29. The lowest BCUT2D eigenvalue weighted by atomic mass is 9.98. The third-order valence-electron chi connectivity index (χ3n) is 4.23. The van der Waals surface area contributed by atoms with Gasteiger partial charge in [0.25, 0.3) is 5.91 Å². The molecular formula is C17H19FN4O2. The highest BCUT2D eigenvalue weighted by molar-refractivity contribution is 5.93. The number of rotatable bonds is 4. The number of aromatic nitrogens is 2. The Hall–Kier alpha value is -2.70. The van der Waals surface area contributed by atoms with Crippen LogP contribution < -0.4 is 5.73 Å². The lowest BCUT2D eigenvalue weighted by Crippen LogP contribution is -2.45. The molecule has 24 heavy (non-hydrogen) atoms. The zero-order valence-corrected chi connectivity index (χ0v) is 13.2. The van der Waals surface area contributed by atoms with Crippen LogP contribution in [0.3, 0.4) is 0 Å². The van der Waals surface area contributed by atoms with Crippen molar-refractivity contribution in [3.05, 3.63) is 48.0 Å². The van der Waals surface area contributed by atoms with Crippen molar-refractivity contribution in [3.8, 4) is 5.69 Å². The molecule has 2 heterocycles. The van der Waals surface area contributed by atoms with Crippen molar-refractivity contribution in [2.24, 2.45) is 5.73 Å². The number of nitrogens with zero attached hydrogens (tertiary/aromatic N) is 3. The average Bonchev–Trinajstić information content (AvgIpc) is 3.04. The molecule has 1 unspecified atom stereocenters. The quantitative estimate of drug-likeness (QED) is 0.929. The summed E-state index contributed by atoms with van der Waals surface area (Å²) >= 11 is 0. The van der Waals surface area contributed by atoms with Gasteiger partial charge in [0.1, 0.15) is 11.5 Å². The number of likely N-dealkylation sites (tertiary alicyclic amines) is 1. The van der Waals surface area contributed by atoms with Crippen LogP contribution in [0, 0.1) is 5.82 Å². The number of halogens is 1. The van der Waals surface area contributed by atoms with Crippen molar-refractivity contribution in [1.29, 1.82) is 0 Å². The van der Waals surface area contributed by atoms with Crippen LogP contribution in [0.5, 0.6) is 0 Å². The normalized spacial score (nSPS) is 17.7. The van der Waals surface area contributed by atoms with Gasteiger partial charge in [-0.2, -0.15) is 5.10 Å². The third-order valence-corrected chi connectivity index (χ3v) is 4.23. The third kappa shape index (κ3) is 3.29. The monoisotopic (exact) mass is 330 g/mol. The van der Waals surface area contributed by atoms with E-state index in [0.29, 0.717) is 6.54 Å². The molecule has 7 heteroatoms. The SMILES string of the molecule is NC(=O)CC1CCCCN1C(=O)c1ccn(-c2ccccc2F)n1. The molecule has 2 amide bonds. The van der Waals surface area contributed by atoms with Gasteiger partial charge in [0.15, 0.2) is 5.69 Å². The Labute approximate surface area is 139 Å². The molecule has 1 aliphatic heterocycles. The molecule has 1 aromatic carbocycles. The summed E-state index contributed by atoms with van der Waals surface area (Å²) in [5, 5.41) is 4.20. The molecule has 1 aromatic heterocycles. The van der Waals surface area contributed by atoms with Crippen molar-refractivity contribution in [2.45, 2.75) is 31.7 Å². The molecule has 0 radical (unpaired) electrons. The van der Waals surface area contributed by atoms with E-state index in [0.717, 1.165) is 19.3 Å². The number of hydrogen-bond donors (Lipinski definition) is 1. The summed E-state index contributed by atoms with van der Waals surface area (Å²) in [4.78, 5) is 25.6. The van der Waals surface area contributed by atoms with Gasteiger partial charge in [-0.05, 0) is 37.5 Å². The molecule has 2 N–H and O–H groups in total. The maximum Gasteiger partial charge on any atom is 0.274 e. The Kier molecular flexibility index (Phi) is 4.59.